The second-order valence-corrected chi connectivity index (χ2v) is 6.76. The zero-order valence-electron chi connectivity index (χ0n) is 14.6. The van der Waals surface area contributed by atoms with Crippen LogP contribution in [0, 0.1) is 6.92 Å². The van der Waals surface area contributed by atoms with Crippen molar-refractivity contribution in [1.29, 1.82) is 0 Å². The van der Waals surface area contributed by atoms with Crippen LogP contribution in [0.2, 0.25) is 0 Å². The fraction of sp³-hybridized carbons (Fsp3) is 0.150. The van der Waals surface area contributed by atoms with Crippen molar-refractivity contribution in [3.63, 3.8) is 0 Å². The predicted molar refractivity (Wildman–Crippen MR) is 103 cm³/mol. The Kier molecular flexibility index (Phi) is 5.43. The van der Waals surface area contributed by atoms with Crippen molar-refractivity contribution in [2.24, 2.45) is 0 Å². The molecule has 0 bridgehead atoms. The van der Waals surface area contributed by atoms with Crippen molar-refractivity contribution >= 4 is 23.2 Å². The number of benzene rings is 2. The van der Waals surface area contributed by atoms with Gasteiger partial charge in [-0.25, -0.2) is 4.98 Å². The lowest BCUT2D eigenvalue weighted by Crippen LogP contribution is -2.41. The first-order chi connectivity index (χ1) is 12.6. The lowest BCUT2D eigenvalue weighted by atomic mass is 10.1. The summed E-state index contributed by atoms with van der Waals surface area (Å²) in [6, 6.07) is 16.9. The lowest BCUT2D eigenvalue weighted by molar-refractivity contribution is 0.0848. The quantitative estimate of drug-likeness (QED) is 0.692. The molecule has 0 radical (unpaired) electrons. The molecule has 0 spiro atoms. The molecule has 2 aromatic carbocycles. The summed E-state index contributed by atoms with van der Waals surface area (Å²) >= 11 is 1.31. The summed E-state index contributed by atoms with van der Waals surface area (Å²) in [7, 11) is 0. The summed E-state index contributed by atoms with van der Waals surface area (Å²) in [5, 5.41) is 0.782. The van der Waals surface area contributed by atoms with Crippen molar-refractivity contribution in [3.05, 3.63) is 76.3 Å². The Labute approximate surface area is 156 Å². The first kappa shape index (κ1) is 17.8. The van der Waals surface area contributed by atoms with E-state index in [0.717, 1.165) is 17.0 Å². The molecule has 6 heteroatoms. The van der Waals surface area contributed by atoms with Crippen LogP contribution in [0.5, 0.6) is 0 Å². The van der Waals surface area contributed by atoms with Crippen molar-refractivity contribution in [1.82, 2.24) is 15.8 Å². The van der Waals surface area contributed by atoms with Gasteiger partial charge in [-0.05, 0) is 31.0 Å². The zero-order chi connectivity index (χ0) is 18.5. The summed E-state index contributed by atoms with van der Waals surface area (Å²) in [5.74, 6) is -0.739. The molecule has 0 aliphatic carbocycles. The molecular formula is C20H19N3O2S. The molecule has 3 aromatic rings. The van der Waals surface area contributed by atoms with E-state index in [1.54, 1.807) is 31.2 Å². The SMILES string of the molecule is CCc1ccc(-c2nc(C)c(C(=O)NNC(=O)c3ccccc3)s2)cc1. The van der Waals surface area contributed by atoms with Gasteiger partial charge in [0.05, 0.1) is 5.69 Å². The molecule has 0 aliphatic rings. The number of rotatable bonds is 4. The standard InChI is InChI=1S/C20H19N3O2S/c1-3-14-9-11-16(12-10-14)20-21-13(2)17(26-20)19(25)23-22-18(24)15-7-5-4-6-8-15/h4-12H,3H2,1-2H3,(H,22,24)(H,23,25). The van der Waals surface area contributed by atoms with Crippen LogP contribution in [0.3, 0.4) is 0 Å². The number of thiazole rings is 1. The highest BCUT2D eigenvalue weighted by Crippen LogP contribution is 2.28. The number of carbonyl (C=O) groups is 2. The number of nitrogens with zero attached hydrogens (tertiary/aromatic N) is 1. The Morgan fingerprint density at radius 1 is 0.962 bits per heavy atom. The van der Waals surface area contributed by atoms with Crippen molar-refractivity contribution in [2.75, 3.05) is 0 Å². The molecule has 2 N–H and O–H groups in total. The third-order valence-electron chi connectivity index (χ3n) is 3.94. The molecule has 132 valence electrons. The Morgan fingerprint density at radius 2 is 1.62 bits per heavy atom. The molecule has 0 saturated carbocycles. The van der Waals surface area contributed by atoms with Crippen LogP contribution in [-0.4, -0.2) is 16.8 Å². The van der Waals surface area contributed by atoms with E-state index in [1.807, 2.05) is 18.2 Å². The molecule has 0 saturated heterocycles. The Hall–Kier alpha value is -2.99. The number of hydrogen-bond donors (Lipinski definition) is 2. The van der Waals surface area contributed by atoms with Gasteiger partial charge < -0.3 is 0 Å². The summed E-state index contributed by atoms with van der Waals surface area (Å²) in [6.45, 7) is 3.89. The number of amides is 2. The summed E-state index contributed by atoms with van der Waals surface area (Å²) in [5.41, 5.74) is 8.22. The Balaban J connectivity index is 1.70. The van der Waals surface area contributed by atoms with Crippen LogP contribution in [0.4, 0.5) is 0 Å². The van der Waals surface area contributed by atoms with Crippen LogP contribution in [0.1, 0.15) is 38.2 Å². The fourth-order valence-electron chi connectivity index (χ4n) is 2.45. The van der Waals surface area contributed by atoms with Gasteiger partial charge in [0.15, 0.2) is 0 Å². The van der Waals surface area contributed by atoms with E-state index in [0.29, 0.717) is 16.1 Å². The van der Waals surface area contributed by atoms with Gasteiger partial charge in [0, 0.05) is 11.1 Å². The largest absolute Gasteiger partial charge is 0.281 e. The second kappa shape index (κ2) is 7.93. The van der Waals surface area contributed by atoms with Gasteiger partial charge >= 0.3 is 0 Å². The topological polar surface area (TPSA) is 71.1 Å². The van der Waals surface area contributed by atoms with E-state index < -0.39 is 0 Å². The molecule has 0 fully saturated rings. The highest BCUT2D eigenvalue weighted by atomic mass is 32.1. The number of nitrogens with one attached hydrogen (secondary N) is 2. The maximum atomic E-state index is 12.4. The number of aryl methyl sites for hydroxylation is 2. The normalized spacial score (nSPS) is 10.4. The number of carbonyl (C=O) groups excluding carboxylic acids is 2. The molecule has 2 amide bonds. The van der Waals surface area contributed by atoms with Gasteiger partial charge in [0.1, 0.15) is 9.88 Å². The zero-order valence-corrected chi connectivity index (χ0v) is 15.4. The average molecular weight is 365 g/mol. The van der Waals surface area contributed by atoms with Crippen LogP contribution >= 0.6 is 11.3 Å². The van der Waals surface area contributed by atoms with E-state index in [4.69, 9.17) is 0 Å². The minimum absolute atomic E-state index is 0.364. The van der Waals surface area contributed by atoms with E-state index in [9.17, 15) is 9.59 Å². The molecular weight excluding hydrogens is 346 g/mol. The average Bonchev–Trinajstić information content (AvgIpc) is 3.08. The number of hydrogen-bond acceptors (Lipinski definition) is 4. The number of aromatic nitrogens is 1. The summed E-state index contributed by atoms with van der Waals surface area (Å²) < 4.78 is 0. The van der Waals surface area contributed by atoms with Crippen LogP contribution in [0.25, 0.3) is 10.6 Å². The minimum atomic E-state index is -0.374. The third-order valence-corrected chi connectivity index (χ3v) is 5.14. The Morgan fingerprint density at radius 3 is 2.27 bits per heavy atom. The van der Waals surface area contributed by atoms with E-state index in [2.05, 4.69) is 34.9 Å². The van der Waals surface area contributed by atoms with E-state index in [-0.39, 0.29) is 11.8 Å². The molecule has 3 rings (SSSR count). The van der Waals surface area contributed by atoms with Crippen molar-refractivity contribution in [2.45, 2.75) is 20.3 Å². The van der Waals surface area contributed by atoms with Gasteiger partial charge in [-0.2, -0.15) is 0 Å². The smallest absolute Gasteiger partial charge is 0.267 e. The van der Waals surface area contributed by atoms with Crippen molar-refractivity contribution in [3.8, 4) is 10.6 Å². The molecule has 1 aromatic heterocycles. The van der Waals surface area contributed by atoms with Gasteiger partial charge in [-0.15, -0.1) is 11.3 Å². The van der Waals surface area contributed by atoms with Gasteiger partial charge in [0.2, 0.25) is 0 Å². The first-order valence-corrected chi connectivity index (χ1v) is 9.12. The molecule has 1 heterocycles. The van der Waals surface area contributed by atoms with Crippen LogP contribution < -0.4 is 10.9 Å². The minimum Gasteiger partial charge on any atom is -0.267 e. The maximum absolute atomic E-state index is 12.4. The highest BCUT2D eigenvalue weighted by molar-refractivity contribution is 7.17. The van der Waals surface area contributed by atoms with Crippen LogP contribution in [0.15, 0.2) is 54.6 Å². The second-order valence-electron chi connectivity index (χ2n) is 5.76. The summed E-state index contributed by atoms with van der Waals surface area (Å²) in [4.78, 5) is 29.4. The molecule has 0 unspecified atom stereocenters. The lowest BCUT2D eigenvalue weighted by Gasteiger charge is -2.06. The van der Waals surface area contributed by atoms with Crippen molar-refractivity contribution < 1.29 is 9.59 Å². The third kappa shape index (κ3) is 3.97. The fourth-order valence-corrected chi connectivity index (χ4v) is 3.41. The molecule has 5 nitrogen and oxygen atoms in total. The van der Waals surface area contributed by atoms with Gasteiger partial charge in [-0.1, -0.05) is 49.4 Å². The maximum Gasteiger partial charge on any atom is 0.281 e. The van der Waals surface area contributed by atoms with Crippen LogP contribution in [-0.2, 0) is 6.42 Å². The molecule has 0 aliphatic heterocycles. The van der Waals surface area contributed by atoms with Gasteiger partial charge in [0.25, 0.3) is 11.8 Å². The summed E-state index contributed by atoms with van der Waals surface area (Å²) in [6.07, 6.45) is 0.978. The Bertz CT molecular complexity index is 918. The van der Waals surface area contributed by atoms with E-state index in [1.165, 1.54) is 16.9 Å². The molecule has 26 heavy (non-hydrogen) atoms. The number of hydrazine groups is 1. The highest BCUT2D eigenvalue weighted by Gasteiger charge is 2.17. The van der Waals surface area contributed by atoms with Gasteiger partial charge in [-0.3, -0.25) is 20.4 Å². The molecule has 0 atom stereocenters. The van der Waals surface area contributed by atoms with E-state index >= 15 is 0 Å². The first-order valence-electron chi connectivity index (χ1n) is 8.31. The monoisotopic (exact) mass is 365 g/mol. The predicted octanol–water partition coefficient (Wildman–Crippen LogP) is 3.76.